The maximum absolute atomic E-state index is 13.3. The fourth-order valence-electron chi connectivity index (χ4n) is 3.46. The lowest BCUT2D eigenvalue weighted by molar-refractivity contribution is 0.0940. The molecule has 1 N–H and O–H groups in total. The van der Waals surface area contributed by atoms with E-state index in [1.165, 1.54) is 17.5 Å². The van der Waals surface area contributed by atoms with Crippen LogP contribution in [0.25, 0.3) is 0 Å². The van der Waals surface area contributed by atoms with E-state index < -0.39 is 10.0 Å². The monoisotopic (exact) mass is 422 g/mol. The average molecular weight is 423 g/mol. The molecule has 2 atom stereocenters. The largest absolute Gasteiger partial charge is 0.495 e. The summed E-state index contributed by atoms with van der Waals surface area (Å²) in [7, 11) is -2.31. The number of rotatable bonds is 6. The highest BCUT2D eigenvalue weighted by Crippen LogP contribution is 2.32. The standard InChI is InChI=1S/C20H26N2O4S2/c1-14-7-4-5-11-22(14)28(24,25)19-13-16(9-10-17(19)26-3)20(23)21-15(2)18-8-6-12-27-18/h6,8-10,12-15H,4-5,7,11H2,1-3H3,(H,21,23)/t14-,15+/m1/s1. The number of sulfonamides is 1. The Hall–Kier alpha value is -1.90. The van der Waals surface area contributed by atoms with E-state index in [4.69, 9.17) is 4.74 Å². The van der Waals surface area contributed by atoms with E-state index in [2.05, 4.69) is 5.32 Å². The summed E-state index contributed by atoms with van der Waals surface area (Å²) in [5.41, 5.74) is 0.299. The highest BCUT2D eigenvalue weighted by atomic mass is 32.2. The van der Waals surface area contributed by atoms with Crippen LogP contribution in [0.3, 0.4) is 0 Å². The molecular weight excluding hydrogens is 396 g/mol. The number of thiophene rings is 1. The minimum absolute atomic E-state index is 0.0418. The van der Waals surface area contributed by atoms with Crippen molar-refractivity contribution in [1.29, 1.82) is 0 Å². The van der Waals surface area contributed by atoms with Crippen molar-refractivity contribution in [3.05, 3.63) is 46.2 Å². The van der Waals surface area contributed by atoms with E-state index in [1.807, 2.05) is 31.4 Å². The first-order chi connectivity index (χ1) is 13.3. The Morgan fingerprint density at radius 2 is 2.11 bits per heavy atom. The predicted octanol–water partition coefficient (Wildman–Crippen LogP) is 3.81. The molecule has 2 aromatic rings. The fraction of sp³-hybridized carbons (Fsp3) is 0.450. The molecule has 3 rings (SSSR count). The molecule has 1 aliphatic rings. The van der Waals surface area contributed by atoms with E-state index >= 15 is 0 Å². The molecule has 1 aliphatic heterocycles. The van der Waals surface area contributed by atoms with Crippen molar-refractivity contribution in [1.82, 2.24) is 9.62 Å². The van der Waals surface area contributed by atoms with Gasteiger partial charge in [-0.05, 0) is 56.3 Å². The van der Waals surface area contributed by atoms with Crippen LogP contribution in [0, 0.1) is 0 Å². The second-order valence-corrected chi connectivity index (χ2v) is 9.88. The lowest BCUT2D eigenvalue weighted by Crippen LogP contribution is -2.42. The molecule has 0 unspecified atom stereocenters. The normalized spacial score (nSPS) is 19.2. The summed E-state index contributed by atoms with van der Waals surface area (Å²) < 4.78 is 33.4. The van der Waals surface area contributed by atoms with Crippen LogP contribution in [-0.2, 0) is 10.0 Å². The van der Waals surface area contributed by atoms with Crippen LogP contribution in [-0.4, -0.2) is 38.3 Å². The van der Waals surface area contributed by atoms with Crippen molar-refractivity contribution in [2.45, 2.75) is 50.1 Å². The molecule has 1 aromatic carbocycles. The molecule has 0 spiro atoms. The molecular formula is C20H26N2O4S2. The Kier molecular flexibility index (Phi) is 6.42. The van der Waals surface area contributed by atoms with Gasteiger partial charge < -0.3 is 10.1 Å². The summed E-state index contributed by atoms with van der Waals surface area (Å²) in [4.78, 5) is 13.8. The lowest BCUT2D eigenvalue weighted by Gasteiger charge is -2.32. The summed E-state index contributed by atoms with van der Waals surface area (Å²) in [5, 5.41) is 4.88. The first-order valence-electron chi connectivity index (χ1n) is 9.38. The van der Waals surface area contributed by atoms with E-state index in [-0.39, 0.29) is 28.6 Å². The molecule has 1 amide bonds. The molecule has 0 radical (unpaired) electrons. The SMILES string of the molecule is COc1ccc(C(=O)N[C@@H](C)c2cccs2)cc1S(=O)(=O)N1CCCC[C@H]1C. The van der Waals surface area contributed by atoms with Crippen molar-refractivity contribution in [2.75, 3.05) is 13.7 Å². The van der Waals surface area contributed by atoms with Crippen LogP contribution in [0.5, 0.6) is 5.75 Å². The van der Waals surface area contributed by atoms with E-state index in [0.29, 0.717) is 12.1 Å². The number of benzene rings is 1. The zero-order valence-corrected chi connectivity index (χ0v) is 18.0. The summed E-state index contributed by atoms with van der Waals surface area (Å²) in [6, 6.07) is 8.22. The Balaban J connectivity index is 1.90. The third-order valence-corrected chi connectivity index (χ3v) is 8.16. The van der Waals surface area contributed by atoms with Crippen LogP contribution in [0.2, 0.25) is 0 Å². The number of carbonyl (C=O) groups is 1. The number of ether oxygens (including phenoxy) is 1. The number of piperidine rings is 1. The Labute approximate surface area is 170 Å². The lowest BCUT2D eigenvalue weighted by atomic mass is 10.1. The number of hydrogen-bond acceptors (Lipinski definition) is 5. The minimum atomic E-state index is -3.75. The Bertz CT molecular complexity index is 926. The highest BCUT2D eigenvalue weighted by Gasteiger charge is 2.33. The van der Waals surface area contributed by atoms with E-state index in [9.17, 15) is 13.2 Å². The number of hydrogen-bond donors (Lipinski definition) is 1. The first-order valence-corrected chi connectivity index (χ1v) is 11.7. The molecule has 1 aromatic heterocycles. The number of carbonyl (C=O) groups excluding carboxylic acids is 1. The molecule has 28 heavy (non-hydrogen) atoms. The molecule has 1 saturated heterocycles. The van der Waals surface area contributed by atoms with Crippen LogP contribution in [0.1, 0.15) is 54.4 Å². The van der Waals surface area contributed by atoms with Gasteiger partial charge in [0.05, 0.1) is 13.2 Å². The van der Waals surface area contributed by atoms with Gasteiger partial charge in [-0.2, -0.15) is 4.31 Å². The first kappa shape index (κ1) is 20.8. The summed E-state index contributed by atoms with van der Waals surface area (Å²) >= 11 is 1.56. The van der Waals surface area contributed by atoms with Gasteiger partial charge in [-0.25, -0.2) is 8.42 Å². The van der Waals surface area contributed by atoms with Gasteiger partial charge in [0.2, 0.25) is 10.0 Å². The topological polar surface area (TPSA) is 75.7 Å². The van der Waals surface area contributed by atoms with Crippen LogP contribution < -0.4 is 10.1 Å². The second kappa shape index (κ2) is 8.63. The number of amides is 1. The van der Waals surface area contributed by atoms with Gasteiger partial charge in [-0.3, -0.25) is 4.79 Å². The summed E-state index contributed by atoms with van der Waals surface area (Å²) in [6.07, 6.45) is 2.69. The molecule has 6 nitrogen and oxygen atoms in total. The molecule has 0 aliphatic carbocycles. The zero-order chi connectivity index (χ0) is 20.3. The number of nitrogens with one attached hydrogen (secondary N) is 1. The summed E-state index contributed by atoms with van der Waals surface area (Å²) in [5.74, 6) is -0.0627. The van der Waals surface area contributed by atoms with Crippen molar-refractivity contribution >= 4 is 27.3 Å². The fourth-order valence-corrected chi connectivity index (χ4v) is 6.08. The van der Waals surface area contributed by atoms with Gasteiger partial charge in [-0.1, -0.05) is 12.5 Å². The van der Waals surface area contributed by atoms with Gasteiger partial charge in [-0.15, -0.1) is 11.3 Å². The van der Waals surface area contributed by atoms with Gasteiger partial charge in [0.15, 0.2) is 0 Å². The number of methoxy groups -OCH3 is 1. The highest BCUT2D eigenvalue weighted by molar-refractivity contribution is 7.89. The summed E-state index contributed by atoms with van der Waals surface area (Å²) in [6.45, 7) is 4.31. The van der Waals surface area contributed by atoms with Crippen molar-refractivity contribution in [2.24, 2.45) is 0 Å². The minimum Gasteiger partial charge on any atom is -0.495 e. The van der Waals surface area contributed by atoms with Gasteiger partial charge in [0.25, 0.3) is 5.91 Å². The van der Waals surface area contributed by atoms with Gasteiger partial charge >= 0.3 is 0 Å². The van der Waals surface area contributed by atoms with Crippen molar-refractivity contribution in [3.8, 4) is 5.75 Å². The van der Waals surface area contributed by atoms with Crippen molar-refractivity contribution < 1.29 is 17.9 Å². The quantitative estimate of drug-likeness (QED) is 0.768. The van der Waals surface area contributed by atoms with Crippen molar-refractivity contribution in [3.63, 3.8) is 0 Å². The van der Waals surface area contributed by atoms with Crippen LogP contribution in [0.4, 0.5) is 0 Å². The maximum Gasteiger partial charge on any atom is 0.251 e. The third-order valence-electron chi connectivity index (χ3n) is 5.07. The smallest absolute Gasteiger partial charge is 0.251 e. The Morgan fingerprint density at radius 3 is 2.75 bits per heavy atom. The average Bonchev–Trinajstić information content (AvgIpc) is 3.22. The van der Waals surface area contributed by atoms with Crippen LogP contribution >= 0.6 is 11.3 Å². The zero-order valence-electron chi connectivity index (χ0n) is 16.3. The molecule has 0 saturated carbocycles. The maximum atomic E-state index is 13.3. The molecule has 1 fully saturated rings. The predicted molar refractivity (Wildman–Crippen MR) is 110 cm³/mol. The van der Waals surface area contributed by atoms with Crippen LogP contribution in [0.15, 0.2) is 40.6 Å². The third kappa shape index (κ3) is 4.24. The second-order valence-electron chi connectivity index (χ2n) is 7.04. The molecule has 0 bridgehead atoms. The Morgan fingerprint density at radius 1 is 1.32 bits per heavy atom. The van der Waals surface area contributed by atoms with E-state index in [1.54, 1.807) is 23.5 Å². The number of nitrogens with zero attached hydrogens (tertiary/aromatic N) is 1. The van der Waals surface area contributed by atoms with E-state index in [0.717, 1.165) is 24.1 Å². The molecule has 152 valence electrons. The van der Waals surface area contributed by atoms with Gasteiger partial charge in [0.1, 0.15) is 10.6 Å². The van der Waals surface area contributed by atoms with Gasteiger partial charge in [0, 0.05) is 23.0 Å². The molecule has 2 heterocycles. The molecule has 8 heteroatoms.